The van der Waals surface area contributed by atoms with E-state index in [1.165, 1.54) is 0 Å². The van der Waals surface area contributed by atoms with Gasteiger partial charge in [0.2, 0.25) is 0 Å². The standard InChI is InChI=1S/C17H24N2O/c1-4-6-8-9-11-13-19-15(3)18-14-16(17(19)20)12-10-7-5-2/h5,7-10,12H,2,4,6,11,13-14H2,1,3H3/b9-8+,10-7-,16-12+. The number of carbonyl (C=O) groups excluding carboxylic acids is 1. The number of nitrogens with zero attached hydrogens (tertiary/aromatic N) is 2. The topological polar surface area (TPSA) is 32.7 Å². The number of hydrogen-bond acceptors (Lipinski definition) is 2. The van der Waals surface area contributed by atoms with Crippen molar-refractivity contribution in [2.45, 2.75) is 33.1 Å². The van der Waals surface area contributed by atoms with Gasteiger partial charge in [-0.25, -0.2) is 0 Å². The highest BCUT2D eigenvalue weighted by Gasteiger charge is 2.23. The van der Waals surface area contributed by atoms with Crippen LogP contribution in [0.5, 0.6) is 0 Å². The molecule has 0 radical (unpaired) electrons. The lowest BCUT2D eigenvalue weighted by Gasteiger charge is -2.26. The molecule has 3 nitrogen and oxygen atoms in total. The molecular weight excluding hydrogens is 248 g/mol. The molecule has 1 amide bonds. The molecule has 0 aromatic carbocycles. The number of allylic oxidation sites excluding steroid dienone is 5. The second kappa shape index (κ2) is 9.08. The van der Waals surface area contributed by atoms with Gasteiger partial charge >= 0.3 is 0 Å². The average molecular weight is 272 g/mol. The Morgan fingerprint density at radius 1 is 1.30 bits per heavy atom. The molecule has 108 valence electrons. The van der Waals surface area contributed by atoms with Crippen molar-refractivity contribution in [3.05, 3.63) is 48.6 Å². The maximum Gasteiger partial charge on any atom is 0.256 e. The molecule has 0 aromatic heterocycles. The van der Waals surface area contributed by atoms with Crippen LogP contribution < -0.4 is 0 Å². The maximum atomic E-state index is 12.3. The third-order valence-electron chi connectivity index (χ3n) is 3.07. The zero-order valence-electron chi connectivity index (χ0n) is 12.5. The van der Waals surface area contributed by atoms with Gasteiger partial charge in [-0.2, -0.15) is 0 Å². The van der Waals surface area contributed by atoms with Gasteiger partial charge in [0, 0.05) is 12.1 Å². The largest absolute Gasteiger partial charge is 0.297 e. The summed E-state index contributed by atoms with van der Waals surface area (Å²) in [5.41, 5.74) is 0.728. The van der Waals surface area contributed by atoms with Crippen LogP contribution in [0.4, 0.5) is 0 Å². The summed E-state index contributed by atoms with van der Waals surface area (Å²) < 4.78 is 0. The van der Waals surface area contributed by atoms with Crippen molar-refractivity contribution < 1.29 is 4.79 Å². The molecule has 0 spiro atoms. The van der Waals surface area contributed by atoms with Gasteiger partial charge in [-0.3, -0.25) is 14.7 Å². The molecule has 1 rings (SSSR count). The number of hydrogen-bond donors (Lipinski definition) is 0. The second-order valence-electron chi connectivity index (χ2n) is 4.68. The van der Waals surface area contributed by atoms with Gasteiger partial charge in [-0.15, -0.1) is 0 Å². The number of rotatable bonds is 7. The van der Waals surface area contributed by atoms with Gasteiger partial charge < -0.3 is 0 Å². The Morgan fingerprint density at radius 2 is 2.05 bits per heavy atom. The molecule has 1 aliphatic heterocycles. The molecule has 0 N–H and O–H groups in total. The fourth-order valence-corrected chi connectivity index (χ4v) is 1.92. The number of carbonyl (C=O) groups is 1. The van der Waals surface area contributed by atoms with E-state index < -0.39 is 0 Å². The first-order chi connectivity index (χ1) is 9.70. The zero-order chi connectivity index (χ0) is 14.8. The second-order valence-corrected chi connectivity index (χ2v) is 4.68. The van der Waals surface area contributed by atoms with E-state index in [0.717, 1.165) is 30.7 Å². The Bertz CT molecular complexity index is 456. The number of aliphatic imine (C=N–C) groups is 1. The molecule has 0 unspecified atom stereocenters. The minimum atomic E-state index is 0.0649. The summed E-state index contributed by atoms with van der Waals surface area (Å²) in [5, 5.41) is 0. The van der Waals surface area contributed by atoms with Gasteiger partial charge in [0.05, 0.1) is 6.54 Å². The maximum absolute atomic E-state index is 12.3. The van der Waals surface area contributed by atoms with Crippen molar-refractivity contribution in [2.75, 3.05) is 13.1 Å². The SMILES string of the molecule is C=C/C=C\C=C1/CN=C(C)N(CC/C=C/CCC)C1=O. The van der Waals surface area contributed by atoms with Crippen molar-refractivity contribution in [2.24, 2.45) is 4.99 Å². The van der Waals surface area contributed by atoms with Crippen molar-refractivity contribution in [1.82, 2.24) is 4.90 Å². The molecule has 0 saturated heterocycles. The molecule has 0 saturated carbocycles. The van der Waals surface area contributed by atoms with E-state index in [-0.39, 0.29) is 5.91 Å². The quantitative estimate of drug-likeness (QED) is 0.395. The molecule has 3 heteroatoms. The van der Waals surface area contributed by atoms with Crippen LogP contribution >= 0.6 is 0 Å². The average Bonchev–Trinajstić information content (AvgIpc) is 2.44. The van der Waals surface area contributed by atoms with Gasteiger partial charge in [-0.05, 0) is 19.8 Å². The Balaban J connectivity index is 2.65. The lowest BCUT2D eigenvalue weighted by Crippen LogP contribution is -2.40. The van der Waals surface area contributed by atoms with Crippen LogP contribution in [0.3, 0.4) is 0 Å². The van der Waals surface area contributed by atoms with Crippen LogP contribution in [-0.4, -0.2) is 29.7 Å². The third-order valence-corrected chi connectivity index (χ3v) is 3.07. The fraction of sp³-hybridized carbons (Fsp3) is 0.412. The molecule has 1 aliphatic rings. The van der Waals surface area contributed by atoms with Crippen molar-refractivity contribution in [3.8, 4) is 0 Å². The van der Waals surface area contributed by atoms with Crippen LogP contribution in [0.25, 0.3) is 0 Å². The summed E-state index contributed by atoms with van der Waals surface area (Å²) in [6.07, 6.45) is 14.6. The Kier molecular flexibility index (Phi) is 7.33. The van der Waals surface area contributed by atoms with E-state index in [1.54, 1.807) is 11.0 Å². The minimum Gasteiger partial charge on any atom is -0.297 e. The first-order valence-corrected chi connectivity index (χ1v) is 7.16. The van der Waals surface area contributed by atoms with Gasteiger partial charge in [0.25, 0.3) is 5.91 Å². The van der Waals surface area contributed by atoms with Gasteiger partial charge in [-0.1, -0.05) is 56.4 Å². The number of unbranched alkanes of at least 4 members (excludes halogenated alkanes) is 1. The molecular formula is C17H24N2O. The summed E-state index contributed by atoms with van der Waals surface area (Å²) in [7, 11) is 0. The molecule has 0 aliphatic carbocycles. The lowest BCUT2D eigenvalue weighted by atomic mass is 10.1. The smallest absolute Gasteiger partial charge is 0.256 e. The summed E-state index contributed by atoms with van der Waals surface area (Å²) in [6.45, 7) is 8.81. The number of amidine groups is 1. The van der Waals surface area contributed by atoms with Crippen LogP contribution in [0.15, 0.2) is 53.6 Å². The van der Waals surface area contributed by atoms with E-state index in [9.17, 15) is 4.79 Å². The summed E-state index contributed by atoms with van der Waals surface area (Å²) in [4.78, 5) is 18.5. The minimum absolute atomic E-state index is 0.0649. The van der Waals surface area contributed by atoms with Gasteiger partial charge in [0.15, 0.2) is 0 Å². The normalized spacial score (nSPS) is 18.3. The Hall–Kier alpha value is -1.90. The Labute approximate surface area is 122 Å². The number of amides is 1. The van der Waals surface area contributed by atoms with Crippen LogP contribution in [0.2, 0.25) is 0 Å². The predicted molar refractivity (Wildman–Crippen MR) is 85.8 cm³/mol. The van der Waals surface area contributed by atoms with E-state index in [4.69, 9.17) is 0 Å². The van der Waals surface area contributed by atoms with Crippen LogP contribution in [0, 0.1) is 0 Å². The summed E-state index contributed by atoms with van der Waals surface area (Å²) >= 11 is 0. The highest BCUT2D eigenvalue weighted by Crippen LogP contribution is 2.12. The lowest BCUT2D eigenvalue weighted by molar-refractivity contribution is -0.123. The van der Waals surface area contributed by atoms with E-state index in [2.05, 4.69) is 30.6 Å². The van der Waals surface area contributed by atoms with E-state index in [1.807, 2.05) is 25.2 Å². The van der Waals surface area contributed by atoms with Crippen molar-refractivity contribution in [3.63, 3.8) is 0 Å². The molecule has 0 aromatic rings. The summed E-state index contributed by atoms with van der Waals surface area (Å²) in [5.74, 6) is 0.874. The highest BCUT2D eigenvalue weighted by atomic mass is 16.2. The molecule has 0 atom stereocenters. The summed E-state index contributed by atoms with van der Waals surface area (Å²) in [6, 6.07) is 0. The first kappa shape index (κ1) is 16.2. The van der Waals surface area contributed by atoms with E-state index in [0.29, 0.717) is 13.1 Å². The highest BCUT2D eigenvalue weighted by molar-refractivity contribution is 6.07. The van der Waals surface area contributed by atoms with Crippen LogP contribution in [0.1, 0.15) is 33.1 Å². The zero-order valence-corrected chi connectivity index (χ0v) is 12.5. The Morgan fingerprint density at radius 3 is 2.75 bits per heavy atom. The molecule has 20 heavy (non-hydrogen) atoms. The first-order valence-electron chi connectivity index (χ1n) is 7.16. The predicted octanol–water partition coefficient (Wildman–Crippen LogP) is 3.66. The van der Waals surface area contributed by atoms with Crippen molar-refractivity contribution >= 4 is 11.7 Å². The van der Waals surface area contributed by atoms with Crippen molar-refractivity contribution in [1.29, 1.82) is 0 Å². The van der Waals surface area contributed by atoms with Gasteiger partial charge in [0.1, 0.15) is 5.84 Å². The third kappa shape index (κ3) is 5.00. The molecule has 1 heterocycles. The van der Waals surface area contributed by atoms with E-state index >= 15 is 0 Å². The molecule has 0 fully saturated rings. The molecule has 0 bridgehead atoms. The monoisotopic (exact) mass is 272 g/mol. The fourth-order valence-electron chi connectivity index (χ4n) is 1.92. The van der Waals surface area contributed by atoms with Crippen LogP contribution in [-0.2, 0) is 4.79 Å².